The summed E-state index contributed by atoms with van der Waals surface area (Å²) in [6, 6.07) is 23.4. The van der Waals surface area contributed by atoms with E-state index in [0.717, 1.165) is 17.7 Å². The highest BCUT2D eigenvalue weighted by Crippen LogP contribution is 2.40. The second-order valence-electron chi connectivity index (χ2n) is 7.49. The molecule has 6 nitrogen and oxygen atoms in total. The first-order chi connectivity index (χ1) is 16.6. The third kappa shape index (κ3) is 5.26. The summed E-state index contributed by atoms with van der Waals surface area (Å²) in [6.07, 6.45) is 2.57. The second kappa shape index (κ2) is 10.9. The van der Waals surface area contributed by atoms with E-state index in [9.17, 15) is 4.79 Å². The fourth-order valence-corrected chi connectivity index (χ4v) is 4.65. The Labute approximate surface area is 203 Å². The molecule has 1 aliphatic rings. The number of amides is 1. The molecular formula is C27H26N2O4S. The molecule has 1 fully saturated rings. The Kier molecular flexibility index (Phi) is 7.54. The van der Waals surface area contributed by atoms with E-state index in [1.807, 2.05) is 66.7 Å². The molecular weight excluding hydrogens is 448 g/mol. The Morgan fingerprint density at radius 2 is 1.50 bits per heavy atom. The Morgan fingerprint density at radius 3 is 2.09 bits per heavy atom. The lowest BCUT2D eigenvalue weighted by molar-refractivity contribution is -0.122. The Balaban J connectivity index is 1.68. The minimum absolute atomic E-state index is 0.0793. The highest BCUT2D eigenvalue weighted by atomic mass is 32.2. The number of carbonyl (C=O) groups excluding carboxylic acids is 1. The average Bonchev–Trinajstić information content (AvgIpc) is 3.16. The molecule has 0 aromatic heterocycles. The summed E-state index contributed by atoms with van der Waals surface area (Å²) >= 11 is 1.36. The van der Waals surface area contributed by atoms with Crippen molar-refractivity contribution in [2.45, 2.75) is 6.42 Å². The van der Waals surface area contributed by atoms with E-state index in [0.29, 0.717) is 33.9 Å². The molecule has 34 heavy (non-hydrogen) atoms. The monoisotopic (exact) mass is 474 g/mol. The van der Waals surface area contributed by atoms with E-state index < -0.39 is 0 Å². The van der Waals surface area contributed by atoms with Crippen molar-refractivity contribution >= 4 is 34.6 Å². The van der Waals surface area contributed by atoms with Crippen molar-refractivity contribution in [3.05, 3.63) is 88.8 Å². The summed E-state index contributed by atoms with van der Waals surface area (Å²) in [5, 5.41) is 0.658. The van der Waals surface area contributed by atoms with E-state index in [-0.39, 0.29) is 5.91 Å². The molecule has 1 amide bonds. The molecule has 7 heteroatoms. The number of hydrogen-bond acceptors (Lipinski definition) is 6. The molecule has 0 aliphatic carbocycles. The van der Waals surface area contributed by atoms with Crippen LogP contribution in [0.1, 0.15) is 11.1 Å². The number of hydrogen-bond donors (Lipinski definition) is 0. The van der Waals surface area contributed by atoms with Gasteiger partial charge in [0.15, 0.2) is 16.7 Å². The second-order valence-corrected chi connectivity index (χ2v) is 8.50. The van der Waals surface area contributed by atoms with Crippen LogP contribution >= 0.6 is 11.8 Å². The van der Waals surface area contributed by atoms with Gasteiger partial charge in [0.25, 0.3) is 5.91 Å². The summed E-state index contributed by atoms with van der Waals surface area (Å²) in [5.74, 6) is 1.49. The first-order valence-electron chi connectivity index (χ1n) is 10.8. The average molecular weight is 475 g/mol. The minimum atomic E-state index is -0.0793. The lowest BCUT2D eigenvalue weighted by atomic mass is 10.1. The number of benzene rings is 3. The third-order valence-electron chi connectivity index (χ3n) is 5.32. The first kappa shape index (κ1) is 23.4. The standard InChI is InChI=1S/C27H26N2O4S/c1-31-22-16-20(17-23(32-2)25(22)33-3)18-24-26(30)29(15-14-19-10-6-4-7-11-19)27(34-24)28-21-12-8-5-9-13-21/h4-13,16-18H,14-15H2,1-3H3. The number of aliphatic imine (C=N–C) groups is 1. The van der Waals surface area contributed by atoms with E-state index in [2.05, 4.69) is 12.1 Å². The van der Waals surface area contributed by atoms with Gasteiger partial charge >= 0.3 is 0 Å². The maximum atomic E-state index is 13.4. The van der Waals surface area contributed by atoms with Crippen LogP contribution in [0.25, 0.3) is 6.08 Å². The lowest BCUT2D eigenvalue weighted by Gasteiger charge is -2.15. The molecule has 0 N–H and O–H groups in total. The fourth-order valence-electron chi connectivity index (χ4n) is 3.62. The van der Waals surface area contributed by atoms with Crippen molar-refractivity contribution in [3.8, 4) is 17.2 Å². The van der Waals surface area contributed by atoms with Crippen molar-refractivity contribution in [2.75, 3.05) is 27.9 Å². The van der Waals surface area contributed by atoms with E-state index in [1.165, 1.54) is 17.3 Å². The maximum Gasteiger partial charge on any atom is 0.266 e. The molecule has 0 bridgehead atoms. The van der Waals surface area contributed by atoms with Gasteiger partial charge in [-0.15, -0.1) is 0 Å². The summed E-state index contributed by atoms with van der Waals surface area (Å²) in [7, 11) is 4.70. The van der Waals surface area contributed by atoms with Gasteiger partial charge in [0.2, 0.25) is 5.75 Å². The zero-order chi connectivity index (χ0) is 23.9. The maximum absolute atomic E-state index is 13.4. The molecule has 174 valence electrons. The number of methoxy groups -OCH3 is 3. The first-order valence-corrected chi connectivity index (χ1v) is 11.6. The van der Waals surface area contributed by atoms with Crippen molar-refractivity contribution in [1.29, 1.82) is 0 Å². The van der Waals surface area contributed by atoms with Crippen LogP contribution in [-0.2, 0) is 11.2 Å². The molecule has 3 aromatic rings. The van der Waals surface area contributed by atoms with Gasteiger partial charge in [-0.3, -0.25) is 9.69 Å². The SMILES string of the molecule is COc1cc(C=C2SC(=Nc3ccccc3)N(CCc3ccccc3)C2=O)cc(OC)c1OC. The fraction of sp³-hybridized carbons (Fsp3) is 0.185. The highest BCUT2D eigenvalue weighted by molar-refractivity contribution is 8.18. The van der Waals surface area contributed by atoms with Crippen molar-refractivity contribution in [2.24, 2.45) is 4.99 Å². The predicted molar refractivity (Wildman–Crippen MR) is 137 cm³/mol. The van der Waals surface area contributed by atoms with E-state index in [1.54, 1.807) is 26.2 Å². The molecule has 1 saturated heterocycles. The van der Waals surface area contributed by atoms with Crippen LogP contribution in [0.5, 0.6) is 17.2 Å². The summed E-state index contributed by atoms with van der Waals surface area (Å²) in [5.41, 5.74) is 2.74. The van der Waals surface area contributed by atoms with Crippen molar-refractivity contribution in [1.82, 2.24) is 4.90 Å². The molecule has 0 atom stereocenters. The van der Waals surface area contributed by atoms with Crippen LogP contribution in [0.15, 0.2) is 82.7 Å². The number of thioether (sulfide) groups is 1. The molecule has 1 heterocycles. The summed E-state index contributed by atoms with van der Waals surface area (Å²) < 4.78 is 16.3. The zero-order valence-electron chi connectivity index (χ0n) is 19.4. The number of nitrogens with zero attached hydrogens (tertiary/aromatic N) is 2. The van der Waals surface area contributed by atoms with Gasteiger partial charge in [-0.25, -0.2) is 4.99 Å². The molecule has 1 aliphatic heterocycles. The number of ether oxygens (including phenoxy) is 3. The Morgan fingerprint density at radius 1 is 0.882 bits per heavy atom. The third-order valence-corrected chi connectivity index (χ3v) is 6.33. The number of rotatable bonds is 8. The summed E-state index contributed by atoms with van der Waals surface area (Å²) in [4.78, 5) is 20.5. The molecule has 0 spiro atoms. The zero-order valence-corrected chi connectivity index (χ0v) is 20.2. The molecule has 0 radical (unpaired) electrons. The van der Waals surface area contributed by atoms with Gasteiger partial charge in [0.1, 0.15) is 0 Å². The van der Waals surface area contributed by atoms with Crippen LogP contribution in [0, 0.1) is 0 Å². The normalized spacial score (nSPS) is 15.7. The van der Waals surface area contributed by atoms with Gasteiger partial charge in [-0.1, -0.05) is 48.5 Å². The van der Waals surface area contributed by atoms with Gasteiger partial charge in [-0.05, 0) is 59.7 Å². The van der Waals surface area contributed by atoms with E-state index in [4.69, 9.17) is 19.2 Å². The topological polar surface area (TPSA) is 60.4 Å². The van der Waals surface area contributed by atoms with Crippen molar-refractivity contribution < 1.29 is 19.0 Å². The van der Waals surface area contributed by atoms with E-state index >= 15 is 0 Å². The highest BCUT2D eigenvalue weighted by Gasteiger charge is 2.33. The lowest BCUT2D eigenvalue weighted by Crippen LogP contribution is -2.31. The quantitative estimate of drug-likeness (QED) is 0.400. The van der Waals surface area contributed by atoms with Crippen LogP contribution in [0.4, 0.5) is 5.69 Å². The van der Waals surface area contributed by atoms with Crippen molar-refractivity contribution in [3.63, 3.8) is 0 Å². The Hall–Kier alpha value is -3.71. The smallest absolute Gasteiger partial charge is 0.266 e. The molecule has 0 unspecified atom stereocenters. The van der Waals surface area contributed by atoms with Crippen LogP contribution in [0.3, 0.4) is 0 Å². The molecule has 0 saturated carbocycles. The van der Waals surface area contributed by atoms with Gasteiger partial charge in [0, 0.05) is 6.54 Å². The van der Waals surface area contributed by atoms with Gasteiger partial charge in [-0.2, -0.15) is 0 Å². The Bertz CT molecular complexity index is 1180. The number of carbonyl (C=O) groups is 1. The molecule has 3 aromatic carbocycles. The van der Waals surface area contributed by atoms with Gasteiger partial charge in [0.05, 0.1) is 31.9 Å². The minimum Gasteiger partial charge on any atom is -0.493 e. The number of para-hydroxylation sites is 1. The summed E-state index contributed by atoms with van der Waals surface area (Å²) in [6.45, 7) is 0.536. The number of amidine groups is 1. The van der Waals surface area contributed by atoms with Gasteiger partial charge < -0.3 is 14.2 Å². The largest absolute Gasteiger partial charge is 0.493 e. The van der Waals surface area contributed by atoms with Crippen LogP contribution in [0.2, 0.25) is 0 Å². The van der Waals surface area contributed by atoms with Crippen LogP contribution < -0.4 is 14.2 Å². The van der Waals surface area contributed by atoms with Crippen LogP contribution in [-0.4, -0.2) is 43.8 Å². The predicted octanol–water partition coefficient (Wildman–Crippen LogP) is 5.56. The molecule has 4 rings (SSSR count).